The molecule has 0 radical (unpaired) electrons. The Kier molecular flexibility index (Phi) is 4.79. The van der Waals surface area contributed by atoms with Crippen molar-refractivity contribution >= 4 is 21.6 Å². The van der Waals surface area contributed by atoms with Gasteiger partial charge in [-0.1, -0.05) is 17.7 Å². The van der Waals surface area contributed by atoms with Gasteiger partial charge in [0.25, 0.3) is 0 Å². The second kappa shape index (κ2) is 6.82. The quantitative estimate of drug-likeness (QED) is 0.843. The fraction of sp³-hybridized carbons (Fsp3) is 0.333. The van der Waals surface area contributed by atoms with Gasteiger partial charge in [-0.25, -0.2) is 13.4 Å². The van der Waals surface area contributed by atoms with Crippen molar-refractivity contribution in [2.75, 3.05) is 13.1 Å². The number of benzene rings is 1. The van der Waals surface area contributed by atoms with E-state index >= 15 is 0 Å². The maximum Gasteiger partial charge on any atom is 0.243 e. The molecule has 1 aliphatic rings. The largest absolute Gasteiger partial charge is 0.472 e. The molecule has 2 aromatic rings. The summed E-state index contributed by atoms with van der Waals surface area (Å²) in [5.41, 5.74) is 0. The number of sulfonamides is 1. The van der Waals surface area contributed by atoms with Crippen molar-refractivity contribution in [3.63, 3.8) is 0 Å². The van der Waals surface area contributed by atoms with E-state index in [-0.39, 0.29) is 17.5 Å². The molecule has 6 nitrogen and oxygen atoms in total. The van der Waals surface area contributed by atoms with Crippen LogP contribution in [0, 0.1) is 0 Å². The van der Waals surface area contributed by atoms with Gasteiger partial charge in [0.1, 0.15) is 6.10 Å². The van der Waals surface area contributed by atoms with Crippen molar-refractivity contribution in [2.45, 2.75) is 23.8 Å². The Balaban J connectivity index is 1.75. The molecule has 122 valence electrons. The van der Waals surface area contributed by atoms with Gasteiger partial charge in [0.15, 0.2) is 0 Å². The molecule has 0 amide bonds. The fourth-order valence-electron chi connectivity index (χ4n) is 2.51. The summed E-state index contributed by atoms with van der Waals surface area (Å²) in [4.78, 5) is 8.20. The monoisotopic (exact) mass is 353 g/mol. The van der Waals surface area contributed by atoms with E-state index in [0.29, 0.717) is 17.4 Å². The van der Waals surface area contributed by atoms with Crippen molar-refractivity contribution in [3.8, 4) is 5.88 Å². The van der Waals surface area contributed by atoms with Gasteiger partial charge in [-0.15, -0.1) is 0 Å². The predicted octanol–water partition coefficient (Wildman–Crippen LogP) is 2.36. The minimum absolute atomic E-state index is 0.199. The summed E-state index contributed by atoms with van der Waals surface area (Å²) in [5, 5.41) is 0.399. The standard InChI is InChI=1S/C15H16ClN3O3S/c16-12-3-1-5-14(9-12)23(20,21)19-8-2-4-13(11-19)22-15-10-17-6-7-18-15/h1,3,5-7,9-10,13H,2,4,8,11H2. The lowest BCUT2D eigenvalue weighted by molar-refractivity contribution is 0.124. The van der Waals surface area contributed by atoms with E-state index in [4.69, 9.17) is 16.3 Å². The first-order valence-electron chi connectivity index (χ1n) is 7.24. The van der Waals surface area contributed by atoms with Crippen molar-refractivity contribution in [3.05, 3.63) is 47.9 Å². The van der Waals surface area contributed by atoms with Gasteiger partial charge in [-0.3, -0.25) is 4.98 Å². The Labute approximate surface area is 140 Å². The van der Waals surface area contributed by atoms with Crippen LogP contribution in [0.25, 0.3) is 0 Å². The Morgan fingerprint density at radius 1 is 1.30 bits per heavy atom. The molecule has 2 heterocycles. The van der Waals surface area contributed by atoms with Crippen LogP contribution in [0.3, 0.4) is 0 Å². The molecule has 1 unspecified atom stereocenters. The highest BCUT2D eigenvalue weighted by molar-refractivity contribution is 7.89. The van der Waals surface area contributed by atoms with Gasteiger partial charge < -0.3 is 4.74 Å². The Morgan fingerprint density at radius 2 is 2.17 bits per heavy atom. The van der Waals surface area contributed by atoms with Crippen LogP contribution in [0.1, 0.15) is 12.8 Å². The van der Waals surface area contributed by atoms with Crippen LogP contribution in [-0.4, -0.2) is 41.9 Å². The molecule has 1 saturated heterocycles. The minimum atomic E-state index is -3.58. The second-order valence-corrected chi connectivity index (χ2v) is 7.62. The molecule has 1 aromatic heterocycles. The molecular weight excluding hydrogens is 338 g/mol. The summed E-state index contributed by atoms with van der Waals surface area (Å²) in [6.45, 7) is 0.751. The highest BCUT2D eigenvalue weighted by Crippen LogP contribution is 2.24. The Bertz CT molecular complexity index is 771. The van der Waals surface area contributed by atoms with Crippen molar-refractivity contribution < 1.29 is 13.2 Å². The second-order valence-electron chi connectivity index (χ2n) is 5.25. The van der Waals surface area contributed by atoms with Gasteiger partial charge in [-0.05, 0) is 31.0 Å². The molecule has 1 atom stereocenters. The first-order valence-corrected chi connectivity index (χ1v) is 9.06. The Hall–Kier alpha value is -1.70. The molecule has 0 N–H and O–H groups in total. The highest BCUT2D eigenvalue weighted by Gasteiger charge is 2.31. The molecule has 1 fully saturated rings. The summed E-state index contributed by atoms with van der Waals surface area (Å²) in [6.07, 6.45) is 5.88. The lowest BCUT2D eigenvalue weighted by Crippen LogP contribution is -2.44. The molecule has 0 saturated carbocycles. The molecule has 1 aliphatic heterocycles. The summed E-state index contributed by atoms with van der Waals surface area (Å²) < 4.78 is 32.6. The van der Waals surface area contributed by atoms with E-state index in [1.165, 1.54) is 16.6 Å². The molecule has 1 aromatic carbocycles. The Morgan fingerprint density at radius 3 is 2.91 bits per heavy atom. The number of ether oxygens (including phenoxy) is 1. The van der Waals surface area contributed by atoms with Crippen LogP contribution in [0.5, 0.6) is 5.88 Å². The molecule has 23 heavy (non-hydrogen) atoms. The first-order chi connectivity index (χ1) is 11.1. The van der Waals surface area contributed by atoms with E-state index in [0.717, 1.165) is 12.8 Å². The van der Waals surface area contributed by atoms with Gasteiger partial charge in [-0.2, -0.15) is 4.31 Å². The van der Waals surface area contributed by atoms with E-state index < -0.39 is 10.0 Å². The van der Waals surface area contributed by atoms with E-state index in [1.807, 2.05) is 0 Å². The van der Waals surface area contributed by atoms with Crippen molar-refractivity contribution in [1.82, 2.24) is 14.3 Å². The zero-order chi connectivity index (χ0) is 16.3. The van der Waals surface area contributed by atoms with E-state index in [9.17, 15) is 8.42 Å². The lowest BCUT2D eigenvalue weighted by Gasteiger charge is -2.31. The third kappa shape index (κ3) is 3.80. The van der Waals surface area contributed by atoms with E-state index in [2.05, 4.69) is 9.97 Å². The van der Waals surface area contributed by atoms with Crippen LogP contribution in [0.15, 0.2) is 47.8 Å². The smallest absolute Gasteiger partial charge is 0.243 e. The summed E-state index contributed by atoms with van der Waals surface area (Å²) in [6, 6.07) is 6.29. The van der Waals surface area contributed by atoms with Crippen molar-refractivity contribution in [2.24, 2.45) is 0 Å². The average molecular weight is 354 g/mol. The van der Waals surface area contributed by atoms with Gasteiger partial charge in [0.2, 0.25) is 15.9 Å². The average Bonchev–Trinajstić information content (AvgIpc) is 2.56. The molecule has 8 heteroatoms. The number of aromatic nitrogens is 2. The maximum absolute atomic E-state index is 12.7. The number of hydrogen-bond acceptors (Lipinski definition) is 5. The van der Waals surface area contributed by atoms with Gasteiger partial charge in [0, 0.05) is 24.0 Å². The van der Waals surface area contributed by atoms with E-state index in [1.54, 1.807) is 30.6 Å². The van der Waals surface area contributed by atoms with Crippen molar-refractivity contribution in [1.29, 1.82) is 0 Å². The maximum atomic E-state index is 12.7. The number of hydrogen-bond donors (Lipinski definition) is 0. The predicted molar refractivity (Wildman–Crippen MR) is 85.9 cm³/mol. The third-order valence-electron chi connectivity index (χ3n) is 3.60. The molecule has 0 aliphatic carbocycles. The molecule has 3 rings (SSSR count). The normalized spacial score (nSPS) is 19.4. The molecular formula is C15H16ClN3O3S. The SMILES string of the molecule is O=S(=O)(c1cccc(Cl)c1)N1CCCC(Oc2cnccn2)C1. The zero-order valence-corrected chi connectivity index (χ0v) is 13.9. The van der Waals surface area contributed by atoms with Crippen LogP contribution < -0.4 is 4.74 Å². The molecule has 0 bridgehead atoms. The zero-order valence-electron chi connectivity index (χ0n) is 12.3. The summed E-state index contributed by atoms with van der Waals surface area (Å²) in [7, 11) is -3.58. The number of nitrogens with zero attached hydrogens (tertiary/aromatic N) is 3. The van der Waals surface area contributed by atoms with Gasteiger partial charge in [0.05, 0.1) is 17.6 Å². The van der Waals surface area contributed by atoms with Crippen LogP contribution >= 0.6 is 11.6 Å². The number of halogens is 1. The number of piperidine rings is 1. The highest BCUT2D eigenvalue weighted by atomic mass is 35.5. The minimum Gasteiger partial charge on any atom is -0.472 e. The van der Waals surface area contributed by atoms with Gasteiger partial charge >= 0.3 is 0 Å². The lowest BCUT2D eigenvalue weighted by atomic mass is 10.1. The summed E-state index contributed by atoms with van der Waals surface area (Å²) in [5.74, 6) is 0.402. The fourth-order valence-corrected chi connectivity index (χ4v) is 4.32. The first kappa shape index (κ1) is 16.2. The third-order valence-corrected chi connectivity index (χ3v) is 5.70. The van der Waals surface area contributed by atoms with Crippen LogP contribution in [-0.2, 0) is 10.0 Å². The summed E-state index contributed by atoms with van der Waals surface area (Å²) >= 11 is 5.90. The molecule has 0 spiro atoms. The van der Waals surface area contributed by atoms with Crippen LogP contribution in [0.4, 0.5) is 0 Å². The van der Waals surface area contributed by atoms with Crippen LogP contribution in [0.2, 0.25) is 5.02 Å². The number of rotatable bonds is 4. The topological polar surface area (TPSA) is 72.4 Å².